The summed E-state index contributed by atoms with van der Waals surface area (Å²) in [5, 5.41) is 0. The molecule has 4 nitrogen and oxygen atoms in total. The molecule has 0 bridgehead atoms. The second-order valence-corrected chi connectivity index (χ2v) is 14.7. The van der Waals surface area contributed by atoms with Gasteiger partial charge in [-0.1, -0.05) is 195 Å². The first-order chi connectivity index (χ1) is 23.1. The van der Waals surface area contributed by atoms with E-state index in [1.807, 2.05) is 0 Å². The third-order valence-corrected chi connectivity index (χ3v) is 9.90. The number of esters is 2. The average Bonchev–Trinajstić information content (AvgIpc) is 3.05. The van der Waals surface area contributed by atoms with Gasteiger partial charge < -0.3 is 9.47 Å². The number of carbonyl (C=O) groups is 2. The Bertz CT molecular complexity index is 594. The molecule has 0 heterocycles. The molecule has 0 saturated carbocycles. The van der Waals surface area contributed by atoms with Crippen LogP contribution in [0.5, 0.6) is 0 Å². The Balaban J connectivity index is 4.74. The molecule has 0 spiro atoms. The standard InChI is InChI=1S/C43H84O4/c1-5-9-13-17-21-25-29-33-37-40(35-31-27-23-19-15-11-7-3)46-42(44)39-43(45)47-41(36-32-28-24-20-16-12-8-4)38-34-30-26-22-18-14-10-6-2/h40-41H,5-39H2,1-4H3. The van der Waals surface area contributed by atoms with Crippen LogP contribution in [0.15, 0.2) is 0 Å². The number of unbranched alkanes of at least 4 members (excludes halogenated alkanes) is 26. The molecule has 2 unspecified atom stereocenters. The van der Waals surface area contributed by atoms with Gasteiger partial charge in [0.15, 0.2) is 0 Å². The summed E-state index contributed by atoms with van der Waals surface area (Å²) in [5.74, 6) is -0.770. The van der Waals surface area contributed by atoms with Crippen LogP contribution in [0.4, 0.5) is 0 Å². The minimum absolute atomic E-state index is 0.0631. The lowest BCUT2D eigenvalue weighted by Gasteiger charge is -2.20. The summed E-state index contributed by atoms with van der Waals surface area (Å²) in [6.45, 7) is 9.04. The Morgan fingerprint density at radius 3 is 0.723 bits per heavy atom. The van der Waals surface area contributed by atoms with Crippen LogP contribution in [0.2, 0.25) is 0 Å². The Labute approximate surface area is 295 Å². The van der Waals surface area contributed by atoms with Gasteiger partial charge >= 0.3 is 11.9 Å². The van der Waals surface area contributed by atoms with Crippen LogP contribution in [0.25, 0.3) is 0 Å². The Morgan fingerprint density at radius 1 is 0.319 bits per heavy atom. The average molecular weight is 665 g/mol. The molecule has 280 valence electrons. The molecule has 0 rings (SSSR count). The highest BCUT2D eigenvalue weighted by atomic mass is 16.6. The lowest BCUT2D eigenvalue weighted by atomic mass is 10.0. The molecule has 0 aromatic carbocycles. The van der Waals surface area contributed by atoms with E-state index >= 15 is 0 Å². The predicted molar refractivity (Wildman–Crippen MR) is 204 cm³/mol. The number of hydrogen-bond acceptors (Lipinski definition) is 4. The summed E-state index contributed by atoms with van der Waals surface area (Å²) in [5.41, 5.74) is 0. The van der Waals surface area contributed by atoms with Crippen LogP contribution in [0, 0.1) is 0 Å². The van der Waals surface area contributed by atoms with Gasteiger partial charge in [0.1, 0.15) is 18.6 Å². The molecule has 0 aliphatic heterocycles. The molecule has 0 aromatic rings. The van der Waals surface area contributed by atoms with Gasteiger partial charge in [-0.05, 0) is 51.4 Å². The van der Waals surface area contributed by atoms with Crippen molar-refractivity contribution in [2.24, 2.45) is 0 Å². The maximum Gasteiger partial charge on any atom is 0.317 e. The largest absolute Gasteiger partial charge is 0.462 e. The third-order valence-electron chi connectivity index (χ3n) is 9.90. The molecule has 2 atom stereocenters. The van der Waals surface area contributed by atoms with Crippen molar-refractivity contribution in [3.8, 4) is 0 Å². The van der Waals surface area contributed by atoms with Crippen molar-refractivity contribution in [1.82, 2.24) is 0 Å². The van der Waals surface area contributed by atoms with E-state index in [0.29, 0.717) is 0 Å². The van der Waals surface area contributed by atoms with Crippen molar-refractivity contribution in [3.63, 3.8) is 0 Å². The van der Waals surface area contributed by atoms with Gasteiger partial charge in [0.25, 0.3) is 0 Å². The highest BCUT2D eigenvalue weighted by Gasteiger charge is 2.21. The third kappa shape index (κ3) is 34.6. The van der Waals surface area contributed by atoms with Crippen molar-refractivity contribution < 1.29 is 19.1 Å². The second kappa shape index (κ2) is 37.8. The summed E-state index contributed by atoms with van der Waals surface area (Å²) in [4.78, 5) is 25.9. The summed E-state index contributed by atoms with van der Waals surface area (Å²) in [6.07, 6.45) is 41.4. The van der Waals surface area contributed by atoms with E-state index in [-0.39, 0.29) is 30.6 Å². The van der Waals surface area contributed by atoms with E-state index in [2.05, 4.69) is 27.7 Å². The Morgan fingerprint density at radius 2 is 0.511 bits per heavy atom. The van der Waals surface area contributed by atoms with Gasteiger partial charge in [-0.2, -0.15) is 0 Å². The van der Waals surface area contributed by atoms with E-state index in [0.717, 1.165) is 51.4 Å². The molecule has 0 radical (unpaired) electrons. The molecular formula is C43H84O4. The van der Waals surface area contributed by atoms with Crippen LogP contribution >= 0.6 is 0 Å². The fraction of sp³-hybridized carbons (Fsp3) is 0.953. The fourth-order valence-corrected chi connectivity index (χ4v) is 6.77. The first-order valence-corrected chi connectivity index (χ1v) is 21.5. The van der Waals surface area contributed by atoms with E-state index in [1.54, 1.807) is 0 Å². The Hall–Kier alpha value is -1.06. The van der Waals surface area contributed by atoms with Gasteiger partial charge in [-0.3, -0.25) is 9.59 Å². The highest BCUT2D eigenvalue weighted by molar-refractivity contribution is 5.91. The molecule has 0 fully saturated rings. The van der Waals surface area contributed by atoms with Crippen LogP contribution < -0.4 is 0 Å². The molecule has 0 N–H and O–H groups in total. The Kier molecular flexibility index (Phi) is 36.9. The summed E-state index contributed by atoms with van der Waals surface area (Å²) in [6, 6.07) is 0. The normalized spacial score (nSPS) is 12.7. The van der Waals surface area contributed by atoms with Crippen molar-refractivity contribution in [2.75, 3.05) is 0 Å². The minimum Gasteiger partial charge on any atom is -0.462 e. The maximum atomic E-state index is 13.0. The number of rotatable bonds is 38. The first kappa shape index (κ1) is 45.9. The topological polar surface area (TPSA) is 52.6 Å². The number of ether oxygens (including phenoxy) is 2. The minimum atomic E-state index is -0.385. The molecule has 0 aromatic heterocycles. The van der Waals surface area contributed by atoms with E-state index in [4.69, 9.17) is 9.47 Å². The molecular weight excluding hydrogens is 580 g/mol. The van der Waals surface area contributed by atoms with Crippen molar-refractivity contribution in [2.45, 2.75) is 265 Å². The highest BCUT2D eigenvalue weighted by Crippen LogP contribution is 2.20. The van der Waals surface area contributed by atoms with Crippen LogP contribution in [-0.4, -0.2) is 24.1 Å². The SMILES string of the molecule is CCCCCCCCCCC(CCCCCCCCC)OC(=O)CC(=O)OC(CCCCCCCCC)CCCCCCCCCC. The fourth-order valence-electron chi connectivity index (χ4n) is 6.77. The monoisotopic (exact) mass is 665 g/mol. The van der Waals surface area contributed by atoms with Crippen molar-refractivity contribution in [3.05, 3.63) is 0 Å². The zero-order chi connectivity index (χ0) is 34.5. The van der Waals surface area contributed by atoms with Crippen LogP contribution in [0.3, 0.4) is 0 Å². The summed E-state index contributed by atoms with van der Waals surface area (Å²) < 4.78 is 11.9. The lowest BCUT2D eigenvalue weighted by molar-refractivity contribution is -0.161. The summed E-state index contributed by atoms with van der Waals surface area (Å²) in [7, 11) is 0. The van der Waals surface area contributed by atoms with Crippen LogP contribution in [-0.2, 0) is 19.1 Å². The number of hydrogen-bond donors (Lipinski definition) is 0. The second-order valence-electron chi connectivity index (χ2n) is 14.7. The van der Waals surface area contributed by atoms with Crippen molar-refractivity contribution >= 4 is 11.9 Å². The van der Waals surface area contributed by atoms with Gasteiger partial charge in [-0.25, -0.2) is 0 Å². The van der Waals surface area contributed by atoms with Gasteiger partial charge in [0.2, 0.25) is 0 Å². The lowest BCUT2D eigenvalue weighted by Crippen LogP contribution is -2.24. The van der Waals surface area contributed by atoms with Gasteiger partial charge in [-0.15, -0.1) is 0 Å². The smallest absolute Gasteiger partial charge is 0.317 e. The van der Waals surface area contributed by atoms with Crippen molar-refractivity contribution in [1.29, 1.82) is 0 Å². The van der Waals surface area contributed by atoms with E-state index in [9.17, 15) is 9.59 Å². The van der Waals surface area contributed by atoms with E-state index < -0.39 is 0 Å². The van der Waals surface area contributed by atoms with Gasteiger partial charge in [0.05, 0.1) is 0 Å². The molecule has 0 aliphatic rings. The quantitative estimate of drug-likeness (QED) is 0.0374. The molecule has 47 heavy (non-hydrogen) atoms. The van der Waals surface area contributed by atoms with Crippen LogP contribution in [0.1, 0.15) is 252 Å². The molecule has 0 aliphatic carbocycles. The molecule has 0 amide bonds. The van der Waals surface area contributed by atoms with Gasteiger partial charge in [0, 0.05) is 0 Å². The number of carbonyl (C=O) groups excluding carboxylic acids is 2. The first-order valence-electron chi connectivity index (χ1n) is 21.5. The van der Waals surface area contributed by atoms with E-state index in [1.165, 1.54) is 167 Å². The zero-order valence-electron chi connectivity index (χ0n) is 32.5. The zero-order valence-corrected chi connectivity index (χ0v) is 32.5. The predicted octanol–water partition coefficient (Wildman–Crippen LogP) is 14.5. The molecule has 0 saturated heterocycles. The summed E-state index contributed by atoms with van der Waals surface area (Å²) >= 11 is 0. The molecule has 4 heteroatoms. The maximum absolute atomic E-state index is 13.0.